The monoisotopic (exact) mass is 462 g/mol. The van der Waals surface area contributed by atoms with E-state index in [-0.39, 0.29) is 0 Å². The summed E-state index contributed by atoms with van der Waals surface area (Å²) in [7, 11) is -5.65. The van der Waals surface area contributed by atoms with Crippen molar-refractivity contribution in [1.29, 1.82) is 0 Å². The fraction of sp³-hybridized carbons (Fsp3) is 0.0769. The molecular weight excluding hydrogens is 456 g/mol. The fourth-order valence-corrected chi connectivity index (χ4v) is 9.67. The van der Waals surface area contributed by atoms with E-state index in [4.69, 9.17) is 11.6 Å². The number of alkyl halides is 3. The third-order valence-electron chi connectivity index (χ3n) is 2.89. The molecule has 0 atom stereocenters. The number of hydrogen-bond donors (Lipinski definition) is 0. The molecule has 9 heteroatoms. The minimum absolute atomic E-state index is 0.321. The Balaban J connectivity index is 2.15. The Morgan fingerprint density at radius 2 is 1.64 bits per heavy atom. The second-order valence-electron chi connectivity index (χ2n) is 4.32. The summed E-state index contributed by atoms with van der Waals surface area (Å²) in [6, 6.07) is 11.4. The summed E-state index contributed by atoms with van der Waals surface area (Å²) in [6.45, 7) is 0. The van der Waals surface area contributed by atoms with Gasteiger partial charge >= 0.3 is 137 Å². The normalized spacial score (nSPS) is 15.5. The van der Waals surface area contributed by atoms with Crippen molar-refractivity contribution in [3.05, 3.63) is 54.6 Å². The molecular formula is C13H7ClF3IO3S. The molecule has 3 nitrogen and oxygen atoms in total. The maximum absolute atomic E-state index is 12.6. The van der Waals surface area contributed by atoms with Crippen LogP contribution in [0.5, 0.6) is 0 Å². The molecule has 0 unspecified atom stereocenters. The van der Waals surface area contributed by atoms with Gasteiger partial charge in [0.25, 0.3) is 0 Å². The molecule has 1 aliphatic rings. The molecule has 0 bridgehead atoms. The molecule has 0 saturated heterocycles. The maximum atomic E-state index is 12.6. The standard InChI is InChI=1S/C13H7ClF3IO3S/c14-8-5-6-10-9-3-1-2-4-11(9)18(12(10)7-8)21-22(19,20)13(15,16)17/h1-7H. The van der Waals surface area contributed by atoms with Crippen LogP contribution in [-0.4, -0.2) is 13.9 Å². The summed E-state index contributed by atoms with van der Waals surface area (Å²) in [5.41, 5.74) is -4.08. The van der Waals surface area contributed by atoms with E-state index >= 15 is 0 Å². The van der Waals surface area contributed by atoms with Crippen molar-refractivity contribution in [2.24, 2.45) is 0 Å². The van der Waals surface area contributed by atoms with E-state index in [1.807, 2.05) is 0 Å². The Bertz CT molecular complexity index is 852. The third kappa shape index (κ3) is 2.61. The molecule has 22 heavy (non-hydrogen) atoms. The van der Waals surface area contributed by atoms with Crippen molar-refractivity contribution in [2.75, 3.05) is 0 Å². The van der Waals surface area contributed by atoms with E-state index in [1.165, 1.54) is 6.07 Å². The van der Waals surface area contributed by atoms with Crippen LogP contribution in [0, 0.1) is 7.14 Å². The topological polar surface area (TPSA) is 43.4 Å². The molecule has 1 aliphatic heterocycles. The summed E-state index contributed by atoms with van der Waals surface area (Å²) in [5, 5.41) is 0.321. The second kappa shape index (κ2) is 5.36. The van der Waals surface area contributed by atoms with E-state index in [9.17, 15) is 21.6 Å². The number of benzene rings is 2. The Kier molecular flexibility index (Phi) is 3.91. The molecule has 0 radical (unpaired) electrons. The number of fused-ring (bicyclic) bond motifs is 3. The van der Waals surface area contributed by atoms with E-state index < -0.39 is 35.9 Å². The summed E-state index contributed by atoms with van der Waals surface area (Å²) >= 11 is 2.66. The summed E-state index contributed by atoms with van der Waals surface area (Å²) in [5.74, 6) is 0. The van der Waals surface area contributed by atoms with Crippen LogP contribution in [0.4, 0.5) is 13.2 Å². The number of hydrogen-bond acceptors (Lipinski definition) is 3. The van der Waals surface area contributed by atoms with Crippen LogP contribution in [0.15, 0.2) is 42.5 Å². The third-order valence-corrected chi connectivity index (χ3v) is 10.4. The summed E-state index contributed by atoms with van der Waals surface area (Å²) < 4.78 is 66.1. The average molecular weight is 463 g/mol. The van der Waals surface area contributed by atoms with Crippen LogP contribution in [0.1, 0.15) is 0 Å². The number of halogens is 5. The van der Waals surface area contributed by atoms with Gasteiger partial charge in [-0.1, -0.05) is 0 Å². The van der Waals surface area contributed by atoms with Gasteiger partial charge < -0.3 is 0 Å². The number of rotatable bonds is 2. The van der Waals surface area contributed by atoms with E-state index in [0.717, 1.165) is 0 Å². The molecule has 2 aromatic carbocycles. The van der Waals surface area contributed by atoms with Crippen LogP contribution >= 0.6 is 31.8 Å². The molecule has 3 rings (SSSR count). The predicted molar refractivity (Wildman–Crippen MR) is 84.4 cm³/mol. The molecule has 0 aromatic heterocycles. The summed E-state index contributed by atoms with van der Waals surface area (Å²) in [6.07, 6.45) is 0. The van der Waals surface area contributed by atoms with Gasteiger partial charge in [-0.3, -0.25) is 0 Å². The first-order chi connectivity index (χ1) is 10.2. The van der Waals surface area contributed by atoms with Gasteiger partial charge in [0.2, 0.25) is 0 Å². The van der Waals surface area contributed by atoms with Crippen molar-refractivity contribution in [3.8, 4) is 11.1 Å². The van der Waals surface area contributed by atoms with Crippen LogP contribution in [0.25, 0.3) is 11.1 Å². The van der Waals surface area contributed by atoms with Crippen molar-refractivity contribution in [2.45, 2.75) is 5.51 Å². The first-order valence-corrected chi connectivity index (χ1v) is 10.6. The van der Waals surface area contributed by atoms with E-state index in [2.05, 4.69) is 2.51 Å². The Labute approximate surface area is 137 Å². The molecule has 1 heterocycles. The van der Waals surface area contributed by atoms with Gasteiger partial charge in [-0.2, -0.15) is 0 Å². The average Bonchev–Trinajstić information content (AvgIpc) is 2.71. The molecule has 0 spiro atoms. The van der Waals surface area contributed by atoms with Crippen LogP contribution in [0.3, 0.4) is 0 Å². The molecule has 0 N–H and O–H groups in total. The van der Waals surface area contributed by atoms with Crippen molar-refractivity contribution < 1.29 is 24.1 Å². The zero-order valence-corrected chi connectivity index (χ0v) is 14.3. The molecule has 0 aliphatic carbocycles. The molecule has 0 saturated carbocycles. The second-order valence-corrected chi connectivity index (χ2v) is 11.1. The van der Waals surface area contributed by atoms with Gasteiger partial charge in [0, 0.05) is 0 Å². The SMILES string of the molecule is O=S(=O)(OI1c2ccccc2-c2ccc(Cl)cc21)C(F)(F)F. The van der Waals surface area contributed by atoms with Gasteiger partial charge in [0.15, 0.2) is 0 Å². The van der Waals surface area contributed by atoms with Gasteiger partial charge in [-0.15, -0.1) is 0 Å². The minimum atomic E-state index is -5.65. The summed E-state index contributed by atoms with van der Waals surface area (Å²) in [4.78, 5) is 0. The molecule has 118 valence electrons. The zero-order valence-electron chi connectivity index (χ0n) is 10.6. The first kappa shape index (κ1) is 16.0. The Morgan fingerprint density at radius 1 is 1.00 bits per heavy atom. The van der Waals surface area contributed by atoms with E-state index in [1.54, 1.807) is 36.4 Å². The van der Waals surface area contributed by atoms with Crippen molar-refractivity contribution in [1.82, 2.24) is 0 Å². The van der Waals surface area contributed by atoms with Gasteiger partial charge in [-0.25, -0.2) is 0 Å². The molecule has 0 fully saturated rings. The quantitative estimate of drug-likeness (QED) is 0.482. The Hall–Kier alpha value is -0.840. The molecule has 0 amide bonds. The van der Waals surface area contributed by atoms with Crippen molar-refractivity contribution >= 4 is 42.0 Å². The van der Waals surface area contributed by atoms with E-state index in [0.29, 0.717) is 23.3 Å². The predicted octanol–water partition coefficient (Wildman–Crippen LogP) is 4.65. The zero-order chi connectivity index (χ0) is 16.1. The van der Waals surface area contributed by atoms with Gasteiger partial charge in [0.05, 0.1) is 0 Å². The van der Waals surface area contributed by atoms with Crippen LogP contribution in [0.2, 0.25) is 5.02 Å². The van der Waals surface area contributed by atoms with Crippen molar-refractivity contribution in [3.63, 3.8) is 0 Å². The van der Waals surface area contributed by atoms with Gasteiger partial charge in [-0.05, 0) is 0 Å². The Morgan fingerprint density at radius 3 is 2.32 bits per heavy atom. The first-order valence-electron chi connectivity index (χ1n) is 5.81. The van der Waals surface area contributed by atoms with Crippen LogP contribution in [-0.2, 0) is 12.6 Å². The molecule has 2 aromatic rings. The fourth-order valence-electron chi connectivity index (χ4n) is 1.98. The van der Waals surface area contributed by atoms with Crippen LogP contribution < -0.4 is 0 Å². The van der Waals surface area contributed by atoms with Gasteiger partial charge in [0.1, 0.15) is 0 Å².